The molecule has 10 nitrogen and oxygen atoms in total. The van der Waals surface area contributed by atoms with Crippen LogP contribution in [0, 0.1) is 0 Å². The number of amides is 1. The number of hydrogen-bond acceptors (Lipinski definition) is 10. The maximum absolute atomic E-state index is 13.3. The third-order valence-electron chi connectivity index (χ3n) is 5.09. The van der Waals surface area contributed by atoms with Crippen LogP contribution in [0.15, 0.2) is 52.7 Å². The van der Waals surface area contributed by atoms with Crippen LogP contribution in [-0.2, 0) is 29.8 Å². The van der Waals surface area contributed by atoms with Crippen molar-refractivity contribution in [3.8, 4) is 17.2 Å². The third kappa shape index (κ3) is 11.0. The first-order valence-electron chi connectivity index (χ1n) is 13.0. The summed E-state index contributed by atoms with van der Waals surface area (Å²) in [7, 11) is -2.93. The number of carbonyl (C=O) groups is 1. The number of anilines is 1. The fourth-order valence-corrected chi connectivity index (χ4v) is 6.56. The number of carbonyl (C=O) groups excluding carboxylic acids is 1. The Hall–Kier alpha value is -2.60. The van der Waals surface area contributed by atoms with Crippen LogP contribution in [0.2, 0.25) is 0 Å². The average Bonchev–Trinajstić information content (AvgIpc) is 3.29. The van der Waals surface area contributed by atoms with Crippen molar-refractivity contribution in [1.82, 2.24) is 4.98 Å². The molecule has 0 fully saturated rings. The maximum Gasteiger partial charge on any atom is 0.257 e. The molecular weight excluding hydrogens is 587 g/mol. The van der Waals surface area contributed by atoms with E-state index in [4.69, 9.17) is 23.3 Å². The predicted octanol–water partition coefficient (Wildman–Crippen LogP) is 6.67. The molecule has 1 aromatic heterocycles. The van der Waals surface area contributed by atoms with Gasteiger partial charge in [-0.2, -0.15) is 0 Å². The highest BCUT2D eigenvalue weighted by Crippen LogP contribution is 2.45. The summed E-state index contributed by atoms with van der Waals surface area (Å²) in [5.74, 6) is 0.755. The van der Waals surface area contributed by atoms with Crippen LogP contribution in [0.5, 0.6) is 17.2 Å². The minimum Gasteiger partial charge on any atom is -0.488 e. The first-order valence-corrected chi connectivity index (χ1v) is 17.1. The molecular formula is C28H37N2O8PS2. The Balaban J connectivity index is 1.80. The highest BCUT2D eigenvalue weighted by Gasteiger charge is 2.19. The first-order chi connectivity index (χ1) is 19.3. The second kappa shape index (κ2) is 15.0. The van der Waals surface area contributed by atoms with Gasteiger partial charge in [-0.3, -0.25) is 10.1 Å². The van der Waals surface area contributed by atoms with Gasteiger partial charge in [0.25, 0.3) is 5.91 Å². The van der Waals surface area contributed by atoms with Crippen LogP contribution < -0.4 is 14.8 Å². The Kier molecular flexibility index (Phi) is 12.1. The fourth-order valence-electron chi connectivity index (χ4n) is 3.53. The van der Waals surface area contributed by atoms with E-state index in [9.17, 15) is 13.2 Å². The molecule has 13 heteroatoms. The van der Waals surface area contributed by atoms with Crippen LogP contribution in [0.3, 0.4) is 0 Å². The maximum atomic E-state index is 13.3. The number of nitrogens with one attached hydrogen (secondary N) is 1. The lowest BCUT2D eigenvalue weighted by Crippen LogP contribution is -2.18. The summed E-state index contributed by atoms with van der Waals surface area (Å²) in [5.41, 5.74) is 1.06. The average molecular weight is 625 g/mol. The zero-order valence-electron chi connectivity index (χ0n) is 24.2. The number of thiazole rings is 1. The number of methoxy groups -OCH3 is 1. The monoisotopic (exact) mass is 624 g/mol. The van der Waals surface area contributed by atoms with Gasteiger partial charge in [0.1, 0.15) is 23.4 Å². The van der Waals surface area contributed by atoms with Gasteiger partial charge in [0, 0.05) is 30.4 Å². The number of aromatic nitrogens is 1. The Morgan fingerprint density at radius 1 is 0.976 bits per heavy atom. The van der Waals surface area contributed by atoms with E-state index in [0.29, 0.717) is 40.7 Å². The van der Waals surface area contributed by atoms with Gasteiger partial charge in [-0.15, -0.1) is 11.3 Å². The molecule has 0 saturated carbocycles. The zero-order chi connectivity index (χ0) is 30.2. The van der Waals surface area contributed by atoms with Crippen molar-refractivity contribution in [2.45, 2.75) is 64.0 Å². The molecule has 1 heterocycles. The molecule has 0 unspecified atom stereocenters. The lowest BCUT2D eigenvalue weighted by Gasteiger charge is -2.21. The van der Waals surface area contributed by atoms with Crippen molar-refractivity contribution < 1.29 is 36.5 Å². The van der Waals surface area contributed by atoms with Gasteiger partial charge in [0.2, 0.25) is 0 Å². The number of rotatable bonds is 15. The molecule has 0 saturated heterocycles. The highest BCUT2D eigenvalue weighted by molar-refractivity contribution is 7.90. The van der Waals surface area contributed by atoms with E-state index >= 15 is 0 Å². The van der Waals surface area contributed by atoms with Gasteiger partial charge in [0.15, 0.2) is 23.3 Å². The minimum atomic E-state index is -3.34. The molecule has 1 N–H and O–H groups in total. The van der Waals surface area contributed by atoms with E-state index in [1.807, 2.05) is 40.0 Å². The van der Waals surface area contributed by atoms with Crippen molar-refractivity contribution in [3.63, 3.8) is 0 Å². The Bertz CT molecular complexity index is 1380. The van der Waals surface area contributed by atoms with E-state index in [0.717, 1.165) is 11.9 Å². The lowest BCUT2D eigenvalue weighted by atomic mass is 10.2. The molecule has 224 valence electrons. The van der Waals surface area contributed by atoms with E-state index < -0.39 is 24.1 Å². The van der Waals surface area contributed by atoms with Crippen LogP contribution in [-0.4, -0.2) is 57.6 Å². The molecule has 0 aliphatic carbocycles. The molecule has 0 radical (unpaired) electrons. The largest absolute Gasteiger partial charge is 0.488 e. The normalized spacial score (nSPS) is 12.6. The zero-order valence-corrected chi connectivity index (χ0v) is 26.8. The standard InChI is InChI=1S/C28H37N2O8PS2/c1-18(2)37-39(38-19(3)4)16-22-17-40-28(29-22)30-27(31)21-12-24(35-20(5)15-34-6)14-25(13-21)36-23-8-10-26(11-9-23)41(7,32)33/h8-14,17-20H,15-16H2,1-7H3,(H,29,30,31)/t20-/m0/s1. The number of hydrogen-bond donors (Lipinski definition) is 1. The summed E-state index contributed by atoms with van der Waals surface area (Å²) < 4.78 is 52.5. The third-order valence-corrected chi connectivity index (χ3v) is 8.92. The highest BCUT2D eigenvalue weighted by atomic mass is 32.2. The van der Waals surface area contributed by atoms with Crippen LogP contribution in [0.25, 0.3) is 0 Å². The summed E-state index contributed by atoms with van der Waals surface area (Å²) in [5, 5.41) is 5.16. The molecule has 0 bridgehead atoms. The van der Waals surface area contributed by atoms with E-state index in [-0.39, 0.29) is 23.2 Å². The number of nitrogens with zero attached hydrogens (tertiary/aromatic N) is 1. The van der Waals surface area contributed by atoms with Crippen molar-refractivity contribution >= 4 is 40.6 Å². The molecule has 1 atom stereocenters. The summed E-state index contributed by atoms with van der Waals surface area (Å²) in [6, 6.07) is 10.9. The predicted molar refractivity (Wildman–Crippen MR) is 161 cm³/mol. The van der Waals surface area contributed by atoms with Crippen molar-refractivity contribution in [2.75, 3.05) is 25.3 Å². The number of ether oxygens (including phenoxy) is 3. The smallest absolute Gasteiger partial charge is 0.257 e. The quantitative estimate of drug-likeness (QED) is 0.185. The van der Waals surface area contributed by atoms with Gasteiger partial charge < -0.3 is 23.3 Å². The second-order valence-corrected chi connectivity index (χ2v) is 14.1. The van der Waals surface area contributed by atoms with E-state index in [2.05, 4.69) is 10.3 Å². The van der Waals surface area contributed by atoms with Gasteiger partial charge in [-0.05, 0) is 71.0 Å². The topological polar surface area (TPSA) is 122 Å². The summed E-state index contributed by atoms with van der Waals surface area (Å²) in [4.78, 5) is 18.0. The lowest BCUT2D eigenvalue weighted by molar-refractivity contribution is 0.0916. The van der Waals surface area contributed by atoms with Crippen molar-refractivity contribution in [3.05, 3.63) is 59.1 Å². The van der Waals surface area contributed by atoms with Crippen molar-refractivity contribution in [2.24, 2.45) is 0 Å². The second-order valence-electron chi connectivity index (χ2n) is 9.82. The van der Waals surface area contributed by atoms with Gasteiger partial charge in [-0.25, -0.2) is 13.4 Å². The van der Waals surface area contributed by atoms with Gasteiger partial charge in [-0.1, -0.05) is 0 Å². The summed E-state index contributed by atoms with van der Waals surface area (Å²) in [6.07, 6.45) is 1.41. The SMILES string of the molecule is COC[C@H](C)Oc1cc(Oc2ccc(S(C)(=O)=O)cc2)cc(C(=O)Nc2nc(CP(OC(C)C)OC(C)C)cs2)c1. The summed E-state index contributed by atoms with van der Waals surface area (Å²) in [6.45, 7) is 10.0. The molecule has 0 aliphatic rings. The molecule has 0 spiro atoms. The van der Waals surface area contributed by atoms with Gasteiger partial charge in [0.05, 0.1) is 35.6 Å². The molecule has 1 amide bonds. The van der Waals surface area contributed by atoms with E-state index in [1.165, 1.54) is 23.5 Å². The van der Waals surface area contributed by atoms with E-state index in [1.54, 1.807) is 37.4 Å². The fraction of sp³-hybridized carbons (Fsp3) is 0.429. The summed E-state index contributed by atoms with van der Waals surface area (Å²) >= 11 is 1.31. The van der Waals surface area contributed by atoms with Crippen LogP contribution in [0.4, 0.5) is 5.13 Å². The molecule has 0 aliphatic heterocycles. The number of benzene rings is 2. The Morgan fingerprint density at radius 2 is 1.61 bits per heavy atom. The molecule has 3 aromatic rings. The molecule has 41 heavy (non-hydrogen) atoms. The number of sulfone groups is 1. The van der Waals surface area contributed by atoms with Crippen LogP contribution in [0.1, 0.15) is 50.7 Å². The minimum absolute atomic E-state index is 0.0211. The Morgan fingerprint density at radius 3 is 2.20 bits per heavy atom. The molecule has 3 rings (SSSR count). The van der Waals surface area contributed by atoms with Crippen LogP contribution >= 0.6 is 19.7 Å². The molecule has 2 aromatic carbocycles. The van der Waals surface area contributed by atoms with Gasteiger partial charge >= 0.3 is 0 Å². The Labute approximate surface area is 247 Å². The first kappa shape index (κ1) is 32.9. The van der Waals surface area contributed by atoms with Crippen molar-refractivity contribution in [1.29, 1.82) is 0 Å².